The number of nitrogens with zero attached hydrogens (tertiary/aromatic N) is 3. The van der Waals surface area contributed by atoms with Crippen molar-refractivity contribution in [1.82, 2.24) is 9.96 Å². The van der Waals surface area contributed by atoms with Crippen molar-refractivity contribution in [2.75, 3.05) is 6.54 Å². The van der Waals surface area contributed by atoms with E-state index in [9.17, 15) is 19.2 Å². The fourth-order valence-electron chi connectivity index (χ4n) is 2.64. The fraction of sp³-hybridized carbons (Fsp3) is 0.118. The highest BCUT2D eigenvalue weighted by atomic mass is 19.1. The van der Waals surface area contributed by atoms with Gasteiger partial charge in [0.15, 0.2) is 6.17 Å². The summed E-state index contributed by atoms with van der Waals surface area (Å²) in [5, 5.41) is 19.4. The first kappa shape index (κ1) is 15.6. The monoisotopic (exact) mass is 325 g/mol. The van der Waals surface area contributed by atoms with E-state index in [2.05, 4.69) is 0 Å². The molecule has 1 heterocycles. The zero-order chi connectivity index (χ0) is 17.3. The lowest BCUT2D eigenvalue weighted by Gasteiger charge is -2.26. The predicted octanol–water partition coefficient (Wildman–Crippen LogP) is 2.07. The Morgan fingerprint density at radius 2 is 2.00 bits per heavy atom. The SMILES string of the molecule is N#Cc1cccc(C2N(O)C(=O)CN2C(=O)c2ccccc2F)c1. The van der Waals surface area contributed by atoms with Crippen LogP contribution in [-0.4, -0.2) is 33.5 Å². The smallest absolute Gasteiger partial charge is 0.267 e. The van der Waals surface area contributed by atoms with Gasteiger partial charge in [-0.3, -0.25) is 14.8 Å². The molecule has 24 heavy (non-hydrogen) atoms. The van der Waals surface area contributed by atoms with Crippen LogP contribution in [0.3, 0.4) is 0 Å². The van der Waals surface area contributed by atoms with E-state index < -0.39 is 23.8 Å². The number of halogens is 1. The Kier molecular flexibility index (Phi) is 3.98. The van der Waals surface area contributed by atoms with Gasteiger partial charge in [0.25, 0.3) is 11.8 Å². The summed E-state index contributed by atoms with van der Waals surface area (Å²) >= 11 is 0. The molecule has 1 aliphatic heterocycles. The number of rotatable bonds is 2. The summed E-state index contributed by atoms with van der Waals surface area (Å²) in [6.07, 6.45) is -1.11. The van der Waals surface area contributed by atoms with E-state index in [1.165, 1.54) is 24.3 Å². The third kappa shape index (κ3) is 2.59. The number of hydrogen-bond acceptors (Lipinski definition) is 4. The predicted molar refractivity (Wildman–Crippen MR) is 80.0 cm³/mol. The van der Waals surface area contributed by atoms with Gasteiger partial charge in [-0.1, -0.05) is 24.3 Å². The minimum atomic E-state index is -1.11. The van der Waals surface area contributed by atoms with E-state index in [1.807, 2.05) is 6.07 Å². The number of hydroxylamine groups is 2. The lowest BCUT2D eigenvalue weighted by molar-refractivity contribution is -0.168. The molecule has 7 heteroatoms. The molecule has 1 saturated heterocycles. The van der Waals surface area contributed by atoms with Crippen LogP contribution in [-0.2, 0) is 4.79 Å². The number of carbonyl (C=O) groups is 2. The summed E-state index contributed by atoms with van der Waals surface area (Å²) < 4.78 is 13.9. The van der Waals surface area contributed by atoms with Gasteiger partial charge in [-0.15, -0.1) is 0 Å². The first-order chi connectivity index (χ1) is 11.5. The normalized spacial score (nSPS) is 17.0. The Balaban J connectivity index is 2.02. The molecule has 2 aromatic rings. The Morgan fingerprint density at radius 3 is 2.71 bits per heavy atom. The molecule has 1 aliphatic rings. The second-order valence-electron chi connectivity index (χ2n) is 5.26. The molecule has 0 saturated carbocycles. The van der Waals surface area contributed by atoms with Crippen LogP contribution in [0, 0.1) is 17.1 Å². The van der Waals surface area contributed by atoms with Gasteiger partial charge < -0.3 is 4.90 Å². The van der Waals surface area contributed by atoms with Crippen molar-refractivity contribution in [2.24, 2.45) is 0 Å². The molecule has 0 spiro atoms. The number of carbonyl (C=O) groups excluding carboxylic acids is 2. The van der Waals surface area contributed by atoms with Crippen LogP contribution in [0.1, 0.15) is 27.7 Å². The highest BCUT2D eigenvalue weighted by Gasteiger charge is 2.42. The van der Waals surface area contributed by atoms with Crippen LogP contribution in [0.5, 0.6) is 0 Å². The van der Waals surface area contributed by atoms with E-state index >= 15 is 0 Å². The maximum atomic E-state index is 13.9. The average Bonchev–Trinajstić information content (AvgIpc) is 2.90. The van der Waals surface area contributed by atoms with Crippen LogP contribution >= 0.6 is 0 Å². The molecule has 0 bridgehead atoms. The fourth-order valence-corrected chi connectivity index (χ4v) is 2.64. The Hall–Kier alpha value is -3.24. The summed E-state index contributed by atoms with van der Waals surface area (Å²) in [4.78, 5) is 25.6. The van der Waals surface area contributed by atoms with Crippen molar-refractivity contribution in [3.63, 3.8) is 0 Å². The molecule has 0 aliphatic carbocycles. The van der Waals surface area contributed by atoms with Crippen molar-refractivity contribution in [3.8, 4) is 6.07 Å². The second kappa shape index (κ2) is 6.10. The van der Waals surface area contributed by atoms with Crippen molar-refractivity contribution >= 4 is 11.8 Å². The van der Waals surface area contributed by atoms with E-state index in [1.54, 1.807) is 18.2 Å². The molecule has 2 amide bonds. The van der Waals surface area contributed by atoms with Gasteiger partial charge in [-0.25, -0.2) is 4.39 Å². The van der Waals surface area contributed by atoms with Gasteiger partial charge in [0.1, 0.15) is 12.4 Å². The molecule has 0 aromatic heterocycles. The summed E-state index contributed by atoms with van der Waals surface area (Å²) in [6, 6.07) is 13.6. The second-order valence-corrected chi connectivity index (χ2v) is 5.26. The standard InChI is InChI=1S/C17H12FN3O3/c18-14-7-2-1-6-13(14)17(23)20-10-15(22)21(24)16(20)12-5-3-4-11(8-12)9-19/h1-8,16,24H,10H2. The molecule has 120 valence electrons. The Morgan fingerprint density at radius 1 is 1.25 bits per heavy atom. The van der Waals surface area contributed by atoms with Gasteiger partial charge in [-0.05, 0) is 29.8 Å². The van der Waals surface area contributed by atoms with E-state index in [0.29, 0.717) is 16.2 Å². The first-order valence-corrected chi connectivity index (χ1v) is 7.09. The van der Waals surface area contributed by atoms with Crippen molar-refractivity contribution < 1.29 is 19.2 Å². The maximum absolute atomic E-state index is 13.9. The molecule has 0 radical (unpaired) electrons. The van der Waals surface area contributed by atoms with Gasteiger partial charge >= 0.3 is 0 Å². The molecule has 1 fully saturated rings. The highest BCUT2D eigenvalue weighted by Crippen LogP contribution is 2.31. The summed E-state index contributed by atoms with van der Waals surface area (Å²) in [7, 11) is 0. The average molecular weight is 325 g/mol. The number of amides is 2. The zero-order valence-electron chi connectivity index (χ0n) is 12.4. The lowest BCUT2D eigenvalue weighted by Crippen LogP contribution is -2.34. The molecule has 1 unspecified atom stereocenters. The number of benzene rings is 2. The summed E-state index contributed by atoms with van der Waals surface area (Å²) in [5.41, 5.74) is 0.507. The van der Waals surface area contributed by atoms with Crippen molar-refractivity contribution in [3.05, 3.63) is 71.0 Å². The van der Waals surface area contributed by atoms with Gasteiger partial charge in [0.05, 0.1) is 17.2 Å². The lowest BCUT2D eigenvalue weighted by atomic mass is 10.1. The number of hydrogen-bond donors (Lipinski definition) is 1. The zero-order valence-corrected chi connectivity index (χ0v) is 12.4. The Bertz CT molecular complexity index is 862. The molecule has 2 aromatic carbocycles. The molecular formula is C17H12FN3O3. The van der Waals surface area contributed by atoms with Crippen LogP contribution in [0.25, 0.3) is 0 Å². The minimum absolute atomic E-state index is 0.193. The largest absolute Gasteiger partial charge is 0.302 e. The molecular weight excluding hydrogens is 313 g/mol. The summed E-state index contributed by atoms with van der Waals surface area (Å²) in [6.45, 7) is -0.384. The molecule has 6 nitrogen and oxygen atoms in total. The molecule has 3 rings (SSSR count). The first-order valence-electron chi connectivity index (χ1n) is 7.09. The topological polar surface area (TPSA) is 84.6 Å². The third-order valence-electron chi connectivity index (χ3n) is 3.77. The van der Waals surface area contributed by atoms with Gasteiger partial charge in [-0.2, -0.15) is 10.3 Å². The maximum Gasteiger partial charge on any atom is 0.267 e. The van der Waals surface area contributed by atoms with Gasteiger partial charge in [0, 0.05) is 0 Å². The Labute approximate surface area is 136 Å². The van der Waals surface area contributed by atoms with Crippen LogP contribution in [0.15, 0.2) is 48.5 Å². The van der Waals surface area contributed by atoms with Crippen LogP contribution in [0.4, 0.5) is 4.39 Å². The van der Waals surface area contributed by atoms with E-state index in [0.717, 1.165) is 11.0 Å². The minimum Gasteiger partial charge on any atom is -0.302 e. The molecule has 1 atom stereocenters. The summed E-state index contributed by atoms with van der Waals surface area (Å²) in [5.74, 6) is -2.12. The highest BCUT2D eigenvalue weighted by molar-refractivity contribution is 5.98. The van der Waals surface area contributed by atoms with Crippen molar-refractivity contribution in [2.45, 2.75) is 6.17 Å². The van der Waals surface area contributed by atoms with E-state index in [4.69, 9.17) is 5.26 Å². The number of nitriles is 1. The van der Waals surface area contributed by atoms with Crippen molar-refractivity contribution in [1.29, 1.82) is 5.26 Å². The van der Waals surface area contributed by atoms with E-state index in [-0.39, 0.29) is 12.1 Å². The van der Waals surface area contributed by atoms with Crippen LogP contribution in [0.2, 0.25) is 0 Å². The molecule has 1 N–H and O–H groups in total. The quantitative estimate of drug-likeness (QED) is 0.857. The van der Waals surface area contributed by atoms with Crippen LogP contribution < -0.4 is 0 Å². The third-order valence-corrected chi connectivity index (χ3v) is 3.77. The van der Waals surface area contributed by atoms with Gasteiger partial charge in [0.2, 0.25) is 0 Å².